The maximum absolute atomic E-state index is 13.9. The number of anilines is 2. The number of hydrogen-bond donors (Lipinski definition) is 2. The SMILES string of the molecule is Cc1ccccc1-c1cc(N2CC(O)CC2(C)O)ncc1N(C)C(=O)C(C)(C)c1cc(C(F)(F)F)cc(C(F)(F)F)c1. The lowest BCUT2D eigenvalue weighted by Gasteiger charge is -2.33. The minimum Gasteiger partial charge on any atom is -0.391 e. The summed E-state index contributed by atoms with van der Waals surface area (Å²) in [6, 6.07) is 9.99. The standard InChI is InChI=1S/C30H31F6N3O3/c1-17-8-6-7-9-22(17)23-13-25(39-16-21(40)14-28(39,4)42)37-15-24(23)38(5)26(41)27(2,3)18-10-19(29(31,32)33)12-20(11-18)30(34,35)36/h6-13,15,21,40,42H,14,16H2,1-5H3. The molecule has 226 valence electrons. The number of rotatable bonds is 5. The fraction of sp³-hybridized carbons (Fsp3) is 0.400. The number of aliphatic hydroxyl groups is 2. The van der Waals surface area contributed by atoms with E-state index >= 15 is 0 Å². The zero-order chi connectivity index (χ0) is 31.4. The van der Waals surface area contributed by atoms with Gasteiger partial charge in [0, 0.05) is 25.6 Å². The Morgan fingerprint density at radius 3 is 2.02 bits per heavy atom. The number of pyridine rings is 1. The van der Waals surface area contributed by atoms with E-state index < -0.39 is 52.2 Å². The molecule has 0 spiro atoms. The first-order valence-electron chi connectivity index (χ1n) is 13.1. The Labute approximate surface area is 239 Å². The van der Waals surface area contributed by atoms with E-state index in [9.17, 15) is 41.4 Å². The normalized spacial score (nSPS) is 19.7. The Morgan fingerprint density at radius 1 is 0.976 bits per heavy atom. The van der Waals surface area contributed by atoms with E-state index in [0.717, 1.165) is 10.5 Å². The molecule has 3 aromatic rings. The summed E-state index contributed by atoms with van der Waals surface area (Å²) in [4.78, 5) is 21.0. The van der Waals surface area contributed by atoms with E-state index in [2.05, 4.69) is 4.98 Å². The summed E-state index contributed by atoms with van der Waals surface area (Å²) < 4.78 is 81.4. The summed E-state index contributed by atoms with van der Waals surface area (Å²) in [7, 11) is 1.37. The fourth-order valence-electron chi connectivity index (χ4n) is 5.28. The molecule has 0 aliphatic carbocycles. The number of β-amino-alcohol motifs (C(OH)–C–C–N with tert-alkyl or cyclic N) is 1. The number of carbonyl (C=O) groups is 1. The van der Waals surface area contributed by atoms with Gasteiger partial charge in [-0.1, -0.05) is 24.3 Å². The third-order valence-electron chi connectivity index (χ3n) is 7.69. The largest absolute Gasteiger partial charge is 0.416 e. The van der Waals surface area contributed by atoms with Gasteiger partial charge in [-0.25, -0.2) is 4.98 Å². The lowest BCUT2D eigenvalue weighted by atomic mass is 9.81. The number of nitrogens with zero attached hydrogens (tertiary/aromatic N) is 3. The Balaban J connectivity index is 1.83. The van der Waals surface area contributed by atoms with Crippen LogP contribution in [0.25, 0.3) is 11.1 Å². The summed E-state index contributed by atoms with van der Waals surface area (Å²) in [6.07, 6.45) is -9.49. The van der Waals surface area contributed by atoms with Crippen LogP contribution >= 0.6 is 0 Å². The summed E-state index contributed by atoms with van der Waals surface area (Å²) in [5, 5.41) is 21.0. The highest BCUT2D eigenvalue weighted by molar-refractivity contribution is 6.03. The molecule has 12 heteroatoms. The molecule has 1 amide bonds. The molecule has 1 aromatic heterocycles. The third kappa shape index (κ3) is 5.96. The number of alkyl halides is 6. The molecule has 1 saturated heterocycles. The van der Waals surface area contributed by atoms with Crippen LogP contribution in [-0.2, 0) is 22.6 Å². The second-order valence-electron chi connectivity index (χ2n) is 11.3. The average molecular weight is 596 g/mol. The summed E-state index contributed by atoms with van der Waals surface area (Å²) in [5.74, 6) is -0.464. The molecule has 2 unspecified atom stereocenters. The molecule has 0 bridgehead atoms. The predicted molar refractivity (Wildman–Crippen MR) is 146 cm³/mol. The zero-order valence-corrected chi connectivity index (χ0v) is 23.6. The van der Waals surface area contributed by atoms with Crippen LogP contribution in [0.5, 0.6) is 0 Å². The van der Waals surface area contributed by atoms with Crippen LogP contribution in [0.1, 0.15) is 49.4 Å². The van der Waals surface area contributed by atoms with Crippen LogP contribution in [-0.4, -0.2) is 46.5 Å². The first-order chi connectivity index (χ1) is 19.2. The van der Waals surface area contributed by atoms with Crippen LogP contribution in [0.15, 0.2) is 54.7 Å². The minimum atomic E-state index is -5.07. The molecule has 2 aromatic carbocycles. The van der Waals surface area contributed by atoms with Crippen LogP contribution in [0.2, 0.25) is 0 Å². The highest BCUT2D eigenvalue weighted by Gasteiger charge is 2.43. The smallest absolute Gasteiger partial charge is 0.391 e. The summed E-state index contributed by atoms with van der Waals surface area (Å²) in [5.41, 5.74) is -4.46. The average Bonchev–Trinajstić information content (AvgIpc) is 3.18. The van der Waals surface area contributed by atoms with Crippen molar-refractivity contribution >= 4 is 17.4 Å². The quantitative estimate of drug-likeness (QED) is 0.338. The topological polar surface area (TPSA) is 76.9 Å². The summed E-state index contributed by atoms with van der Waals surface area (Å²) >= 11 is 0. The molecule has 2 atom stereocenters. The van der Waals surface area contributed by atoms with E-state index in [0.29, 0.717) is 29.1 Å². The molecule has 2 N–H and O–H groups in total. The van der Waals surface area contributed by atoms with Crippen molar-refractivity contribution in [3.8, 4) is 11.1 Å². The second-order valence-corrected chi connectivity index (χ2v) is 11.3. The molecule has 2 heterocycles. The Morgan fingerprint density at radius 2 is 1.52 bits per heavy atom. The number of amides is 1. The van der Waals surface area contributed by atoms with E-state index in [1.807, 2.05) is 19.1 Å². The van der Waals surface area contributed by atoms with Crippen LogP contribution < -0.4 is 9.80 Å². The molecule has 1 aliphatic heterocycles. The van der Waals surface area contributed by atoms with E-state index in [1.54, 1.807) is 18.2 Å². The van der Waals surface area contributed by atoms with Crippen molar-refractivity contribution in [2.75, 3.05) is 23.4 Å². The van der Waals surface area contributed by atoms with Crippen molar-refractivity contribution in [3.05, 3.63) is 77.0 Å². The van der Waals surface area contributed by atoms with Crippen molar-refractivity contribution in [2.24, 2.45) is 0 Å². The van der Waals surface area contributed by atoms with Gasteiger partial charge in [0.15, 0.2) is 0 Å². The van der Waals surface area contributed by atoms with Crippen LogP contribution in [0.4, 0.5) is 37.8 Å². The number of aryl methyl sites for hydroxylation is 1. The molecule has 0 radical (unpaired) electrons. The number of likely N-dealkylation sites (N-methyl/N-ethyl adjacent to an activating group) is 1. The highest BCUT2D eigenvalue weighted by atomic mass is 19.4. The van der Waals surface area contributed by atoms with E-state index in [-0.39, 0.29) is 24.7 Å². The van der Waals surface area contributed by atoms with Gasteiger partial charge in [0.1, 0.15) is 11.5 Å². The maximum Gasteiger partial charge on any atom is 0.416 e. The highest BCUT2D eigenvalue weighted by Crippen LogP contribution is 2.42. The van der Waals surface area contributed by atoms with Crippen molar-refractivity contribution in [1.29, 1.82) is 0 Å². The number of benzene rings is 2. The Bertz CT molecular complexity index is 1470. The number of hydrogen-bond acceptors (Lipinski definition) is 5. The summed E-state index contributed by atoms with van der Waals surface area (Å²) in [6.45, 7) is 6.00. The minimum absolute atomic E-state index is 0.0247. The number of aromatic nitrogens is 1. The van der Waals surface area contributed by atoms with Crippen molar-refractivity contribution in [1.82, 2.24) is 4.98 Å². The molecular formula is C30H31F6N3O3. The van der Waals surface area contributed by atoms with E-state index in [1.165, 1.54) is 38.9 Å². The van der Waals surface area contributed by atoms with Gasteiger partial charge in [-0.15, -0.1) is 0 Å². The van der Waals surface area contributed by atoms with Crippen LogP contribution in [0.3, 0.4) is 0 Å². The molecule has 4 rings (SSSR count). The van der Waals surface area contributed by atoms with Crippen molar-refractivity contribution in [3.63, 3.8) is 0 Å². The number of carbonyl (C=O) groups excluding carboxylic acids is 1. The monoisotopic (exact) mass is 595 g/mol. The van der Waals surface area contributed by atoms with Gasteiger partial charge in [-0.2, -0.15) is 26.3 Å². The third-order valence-corrected chi connectivity index (χ3v) is 7.69. The maximum atomic E-state index is 13.9. The van der Waals surface area contributed by atoms with E-state index in [4.69, 9.17) is 0 Å². The first kappa shape index (κ1) is 31.3. The van der Waals surface area contributed by atoms with Gasteiger partial charge in [0.05, 0.1) is 34.5 Å². The first-order valence-corrected chi connectivity index (χ1v) is 13.1. The van der Waals surface area contributed by atoms with Crippen molar-refractivity contribution in [2.45, 2.75) is 63.7 Å². The molecule has 1 fully saturated rings. The molecule has 0 saturated carbocycles. The fourth-order valence-corrected chi connectivity index (χ4v) is 5.28. The molecule has 42 heavy (non-hydrogen) atoms. The van der Waals surface area contributed by atoms with Gasteiger partial charge < -0.3 is 20.0 Å². The van der Waals surface area contributed by atoms with Gasteiger partial charge in [-0.3, -0.25) is 4.79 Å². The van der Waals surface area contributed by atoms with Gasteiger partial charge in [0.2, 0.25) is 5.91 Å². The second kappa shape index (κ2) is 10.6. The number of aliphatic hydroxyl groups excluding tert-OH is 1. The van der Waals surface area contributed by atoms with Gasteiger partial charge in [-0.05, 0) is 68.7 Å². The lowest BCUT2D eigenvalue weighted by molar-refractivity contribution is -0.143. The Kier molecular flexibility index (Phi) is 7.88. The molecule has 6 nitrogen and oxygen atoms in total. The molecule has 1 aliphatic rings. The van der Waals surface area contributed by atoms with Gasteiger partial charge in [0.25, 0.3) is 0 Å². The molecular weight excluding hydrogens is 564 g/mol. The van der Waals surface area contributed by atoms with Crippen LogP contribution in [0, 0.1) is 6.92 Å². The lowest BCUT2D eigenvalue weighted by Crippen LogP contribution is -2.43. The van der Waals surface area contributed by atoms with Crippen molar-refractivity contribution < 1.29 is 41.4 Å². The van der Waals surface area contributed by atoms with Gasteiger partial charge >= 0.3 is 12.4 Å². The predicted octanol–water partition coefficient (Wildman–Crippen LogP) is 6.31. The zero-order valence-electron chi connectivity index (χ0n) is 23.6. The number of halogens is 6. The Hall–Kier alpha value is -3.64.